The minimum absolute atomic E-state index is 0.304. The van der Waals surface area contributed by atoms with Crippen LogP contribution in [0.25, 0.3) is 16.6 Å². The third-order valence-corrected chi connectivity index (χ3v) is 3.13. The summed E-state index contributed by atoms with van der Waals surface area (Å²) in [6.07, 6.45) is 1.86. The van der Waals surface area contributed by atoms with Crippen LogP contribution in [-0.2, 0) is 0 Å². The Bertz CT molecular complexity index is 787. The maximum atomic E-state index is 11.3. The molecule has 0 fully saturated rings. The lowest BCUT2D eigenvalue weighted by molar-refractivity contribution is 0.0699. The molecular formula is C14H12N2O2. The van der Waals surface area contributed by atoms with Gasteiger partial charge in [-0.3, -0.25) is 4.40 Å². The van der Waals surface area contributed by atoms with Gasteiger partial charge in [0.1, 0.15) is 5.65 Å². The van der Waals surface area contributed by atoms with E-state index in [1.165, 1.54) is 0 Å². The van der Waals surface area contributed by atoms with E-state index < -0.39 is 5.97 Å². The monoisotopic (exact) mass is 240 g/mol. The fourth-order valence-electron chi connectivity index (χ4n) is 2.36. The molecule has 0 aliphatic carbocycles. The molecule has 0 saturated heterocycles. The van der Waals surface area contributed by atoms with Crippen LogP contribution in [0.2, 0.25) is 0 Å². The Balaban J connectivity index is 2.63. The van der Waals surface area contributed by atoms with Crippen molar-refractivity contribution in [2.45, 2.75) is 13.8 Å². The fourth-order valence-corrected chi connectivity index (χ4v) is 2.36. The number of para-hydroxylation sites is 1. The van der Waals surface area contributed by atoms with Crippen LogP contribution in [0.5, 0.6) is 0 Å². The Labute approximate surface area is 104 Å². The van der Waals surface area contributed by atoms with E-state index in [9.17, 15) is 9.90 Å². The molecule has 0 atom stereocenters. The molecule has 0 spiro atoms. The Kier molecular flexibility index (Phi) is 2.13. The summed E-state index contributed by atoms with van der Waals surface area (Å²) in [7, 11) is 0. The van der Waals surface area contributed by atoms with Crippen LogP contribution in [-0.4, -0.2) is 20.5 Å². The topological polar surface area (TPSA) is 54.6 Å². The molecule has 2 aromatic heterocycles. The number of benzene rings is 1. The van der Waals surface area contributed by atoms with Gasteiger partial charge in [0.05, 0.1) is 16.8 Å². The van der Waals surface area contributed by atoms with Gasteiger partial charge >= 0.3 is 5.97 Å². The smallest absolute Gasteiger partial charge is 0.337 e. The number of imidazole rings is 1. The number of carboxylic acids is 1. The Morgan fingerprint density at radius 1 is 1.33 bits per heavy atom. The van der Waals surface area contributed by atoms with E-state index >= 15 is 0 Å². The molecule has 90 valence electrons. The summed E-state index contributed by atoms with van der Waals surface area (Å²) in [5.74, 6) is -0.918. The number of pyridine rings is 1. The van der Waals surface area contributed by atoms with Crippen molar-refractivity contribution < 1.29 is 9.90 Å². The first kappa shape index (κ1) is 10.8. The normalized spacial score (nSPS) is 11.2. The molecule has 0 amide bonds. The van der Waals surface area contributed by atoms with Crippen LogP contribution in [0.4, 0.5) is 0 Å². The van der Waals surface area contributed by atoms with Crippen LogP contribution in [0.15, 0.2) is 30.5 Å². The third-order valence-electron chi connectivity index (χ3n) is 3.13. The number of hydrogen-bond acceptors (Lipinski definition) is 2. The van der Waals surface area contributed by atoms with Crippen LogP contribution in [0, 0.1) is 13.8 Å². The van der Waals surface area contributed by atoms with Gasteiger partial charge in [-0.25, -0.2) is 9.78 Å². The third kappa shape index (κ3) is 1.39. The van der Waals surface area contributed by atoms with E-state index in [-0.39, 0.29) is 0 Å². The summed E-state index contributed by atoms with van der Waals surface area (Å²) in [4.78, 5) is 15.7. The highest BCUT2D eigenvalue weighted by Crippen LogP contribution is 2.24. The van der Waals surface area contributed by atoms with Crippen molar-refractivity contribution in [3.63, 3.8) is 0 Å². The lowest BCUT2D eigenvalue weighted by Crippen LogP contribution is -2.01. The van der Waals surface area contributed by atoms with Gasteiger partial charge in [-0.2, -0.15) is 0 Å². The number of carbonyl (C=O) groups is 1. The predicted molar refractivity (Wildman–Crippen MR) is 69.1 cm³/mol. The van der Waals surface area contributed by atoms with E-state index in [4.69, 9.17) is 0 Å². The molecule has 4 heteroatoms. The van der Waals surface area contributed by atoms with Gasteiger partial charge < -0.3 is 5.11 Å². The number of aryl methyl sites for hydroxylation is 2. The van der Waals surface area contributed by atoms with Gasteiger partial charge in [-0.05, 0) is 31.5 Å². The summed E-state index contributed by atoms with van der Waals surface area (Å²) in [5.41, 5.74) is 3.71. The van der Waals surface area contributed by atoms with Crippen LogP contribution in [0.3, 0.4) is 0 Å². The van der Waals surface area contributed by atoms with E-state index in [1.807, 2.05) is 36.6 Å². The van der Waals surface area contributed by atoms with Gasteiger partial charge in [0.15, 0.2) is 0 Å². The number of fused-ring (bicyclic) bond motifs is 3. The first-order valence-corrected chi connectivity index (χ1v) is 5.69. The SMILES string of the molecule is Cc1cn2c(cc(C)c3cccc(C(=O)O)c32)n1. The van der Waals surface area contributed by atoms with Crippen molar-refractivity contribution >= 4 is 22.5 Å². The van der Waals surface area contributed by atoms with Crippen molar-refractivity contribution in [2.24, 2.45) is 0 Å². The molecule has 3 aromatic rings. The van der Waals surface area contributed by atoms with Crippen LogP contribution < -0.4 is 0 Å². The molecule has 18 heavy (non-hydrogen) atoms. The maximum Gasteiger partial charge on any atom is 0.337 e. The molecule has 2 heterocycles. The summed E-state index contributed by atoms with van der Waals surface area (Å²) in [6.45, 7) is 3.87. The van der Waals surface area contributed by atoms with E-state index in [0.29, 0.717) is 11.1 Å². The Hall–Kier alpha value is -2.36. The molecule has 0 saturated carbocycles. The lowest BCUT2D eigenvalue weighted by Gasteiger charge is -2.08. The van der Waals surface area contributed by atoms with E-state index in [2.05, 4.69) is 4.98 Å². The predicted octanol–water partition coefficient (Wildman–Crippen LogP) is 2.80. The molecule has 1 aromatic carbocycles. The second kappa shape index (κ2) is 3.57. The first-order valence-electron chi connectivity index (χ1n) is 5.69. The zero-order valence-corrected chi connectivity index (χ0v) is 10.1. The average Bonchev–Trinajstić information content (AvgIpc) is 2.69. The second-order valence-corrected chi connectivity index (χ2v) is 4.44. The maximum absolute atomic E-state index is 11.3. The summed E-state index contributed by atoms with van der Waals surface area (Å²) in [6, 6.07) is 7.31. The molecular weight excluding hydrogens is 228 g/mol. The number of nitrogens with zero attached hydrogens (tertiary/aromatic N) is 2. The van der Waals surface area contributed by atoms with E-state index in [1.54, 1.807) is 12.1 Å². The zero-order valence-electron chi connectivity index (χ0n) is 10.1. The quantitative estimate of drug-likeness (QED) is 0.711. The minimum atomic E-state index is -0.918. The van der Waals surface area contributed by atoms with Gasteiger partial charge in [0, 0.05) is 11.6 Å². The minimum Gasteiger partial charge on any atom is -0.478 e. The van der Waals surface area contributed by atoms with Crippen molar-refractivity contribution in [2.75, 3.05) is 0 Å². The summed E-state index contributed by atoms with van der Waals surface area (Å²) in [5, 5.41) is 10.3. The Morgan fingerprint density at radius 3 is 2.83 bits per heavy atom. The highest BCUT2D eigenvalue weighted by Gasteiger charge is 2.13. The van der Waals surface area contributed by atoms with Crippen LogP contribution >= 0.6 is 0 Å². The molecule has 0 radical (unpaired) electrons. The number of aromatic carboxylic acids is 1. The zero-order chi connectivity index (χ0) is 12.9. The molecule has 1 N–H and O–H groups in total. The number of aromatic nitrogens is 2. The van der Waals surface area contributed by atoms with Crippen LogP contribution in [0.1, 0.15) is 21.6 Å². The average molecular weight is 240 g/mol. The molecule has 4 nitrogen and oxygen atoms in total. The fraction of sp³-hybridized carbons (Fsp3) is 0.143. The lowest BCUT2D eigenvalue weighted by atomic mass is 10.1. The van der Waals surface area contributed by atoms with E-state index in [0.717, 1.165) is 22.3 Å². The van der Waals surface area contributed by atoms with Gasteiger partial charge in [-0.15, -0.1) is 0 Å². The highest BCUT2D eigenvalue weighted by molar-refractivity contribution is 6.03. The number of rotatable bonds is 1. The van der Waals surface area contributed by atoms with Crippen molar-refractivity contribution in [1.29, 1.82) is 0 Å². The highest BCUT2D eigenvalue weighted by atomic mass is 16.4. The summed E-state index contributed by atoms with van der Waals surface area (Å²) >= 11 is 0. The second-order valence-electron chi connectivity index (χ2n) is 4.44. The molecule has 3 rings (SSSR count). The molecule has 0 aliphatic rings. The van der Waals surface area contributed by atoms with Gasteiger partial charge in [0.25, 0.3) is 0 Å². The first-order chi connectivity index (χ1) is 8.58. The molecule has 0 bridgehead atoms. The van der Waals surface area contributed by atoms with Crippen molar-refractivity contribution in [3.8, 4) is 0 Å². The van der Waals surface area contributed by atoms with Gasteiger partial charge in [-0.1, -0.05) is 12.1 Å². The number of carboxylic acid groups (broad SMARTS) is 1. The Morgan fingerprint density at radius 2 is 2.11 bits per heavy atom. The molecule has 0 unspecified atom stereocenters. The number of hydrogen-bond donors (Lipinski definition) is 1. The molecule has 0 aliphatic heterocycles. The van der Waals surface area contributed by atoms with Gasteiger partial charge in [0.2, 0.25) is 0 Å². The standard InChI is InChI=1S/C14H12N2O2/c1-8-6-12-15-9(2)7-16(12)13-10(8)4-3-5-11(13)14(17)18/h3-7H,1-2H3,(H,17,18). The van der Waals surface area contributed by atoms with Crippen molar-refractivity contribution in [3.05, 3.63) is 47.3 Å². The largest absolute Gasteiger partial charge is 0.478 e. The van der Waals surface area contributed by atoms with Crippen molar-refractivity contribution in [1.82, 2.24) is 9.38 Å². The summed E-state index contributed by atoms with van der Waals surface area (Å²) < 4.78 is 1.85.